The van der Waals surface area contributed by atoms with Crippen LogP contribution < -0.4 is 0 Å². The minimum absolute atomic E-state index is 0.175. The van der Waals surface area contributed by atoms with E-state index in [4.69, 9.17) is 0 Å². The molecule has 1 aliphatic rings. The van der Waals surface area contributed by atoms with Crippen LogP contribution in [0.1, 0.15) is 17.0 Å². The molecule has 4 nitrogen and oxygen atoms in total. The molecule has 0 aromatic heterocycles. The maximum atomic E-state index is 14.0. The monoisotopic (exact) mass is 400 g/mol. The molecule has 1 fully saturated rings. The summed E-state index contributed by atoms with van der Waals surface area (Å²) >= 11 is 0. The molecule has 1 amide bonds. The van der Waals surface area contributed by atoms with Crippen LogP contribution in [0.5, 0.6) is 0 Å². The Morgan fingerprint density at radius 1 is 1.00 bits per heavy atom. The molecule has 4 rings (SSSR count). The molecule has 0 unspecified atom stereocenters. The van der Waals surface area contributed by atoms with E-state index in [2.05, 4.69) is 6.07 Å². The van der Waals surface area contributed by atoms with Crippen molar-refractivity contribution in [2.24, 2.45) is 0 Å². The van der Waals surface area contributed by atoms with Crippen molar-refractivity contribution in [2.75, 3.05) is 6.61 Å². The molecule has 30 heavy (non-hydrogen) atoms. The number of likely N-dealkylation sites (tertiary alicyclic amines) is 1. The first kappa shape index (κ1) is 19.8. The lowest BCUT2D eigenvalue weighted by molar-refractivity contribution is -0.146. The van der Waals surface area contributed by atoms with Crippen LogP contribution in [-0.2, 0) is 11.2 Å². The third-order valence-corrected chi connectivity index (χ3v) is 5.70. The zero-order valence-electron chi connectivity index (χ0n) is 16.3. The highest BCUT2D eigenvalue weighted by Gasteiger charge is 2.51. The first-order valence-corrected chi connectivity index (χ1v) is 9.84. The minimum Gasteiger partial charge on any atom is -0.394 e. The fourth-order valence-electron chi connectivity index (χ4n) is 4.19. The minimum atomic E-state index is -0.641. The average Bonchev–Trinajstić information content (AvgIpc) is 2.75. The Morgan fingerprint density at radius 2 is 1.67 bits per heavy atom. The molecule has 150 valence electrons. The second kappa shape index (κ2) is 8.48. The summed E-state index contributed by atoms with van der Waals surface area (Å²) in [6, 6.07) is 24.3. The third-order valence-electron chi connectivity index (χ3n) is 5.70. The normalized spacial score (nSPS) is 20.3. The second-order valence-corrected chi connectivity index (χ2v) is 7.41. The lowest BCUT2D eigenvalue weighted by atomic mass is 9.75. The van der Waals surface area contributed by atoms with Crippen LogP contribution in [0.4, 0.5) is 4.39 Å². The first-order valence-electron chi connectivity index (χ1n) is 9.84. The van der Waals surface area contributed by atoms with Gasteiger partial charge in [0.1, 0.15) is 11.9 Å². The summed E-state index contributed by atoms with van der Waals surface area (Å²) in [5, 5.41) is 19.6. The van der Waals surface area contributed by atoms with Gasteiger partial charge in [0.25, 0.3) is 0 Å². The fourth-order valence-corrected chi connectivity index (χ4v) is 4.19. The molecule has 3 aromatic carbocycles. The van der Waals surface area contributed by atoms with Gasteiger partial charge in [-0.05, 0) is 22.8 Å². The predicted octanol–water partition coefficient (Wildman–Crippen LogP) is 3.91. The Kier molecular flexibility index (Phi) is 5.60. The summed E-state index contributed by atoms with van der Waals surface area (Å²) in [4.78, 5) is 14.3. The number of aliphatic hydroxyl groups excluding tert-OH is 1. The molecule has 0 radical (unpaired) electrons. The van der Waals surface area contributed by atoms with Crippen molar-refractivity contribution in [1.29, 1.82) is 5.26 Å². The van der Waals surface area contributed by atoms with E-state index < -0.39 is 12.1 Å². The summed E-state index contributed by atoms with van der Waals surface area (Å²) in [7, 11) is 0. The summed E-state index contributed by atoms with van der Waals surface area (Å²) in [6.07, 6.45) is 0.189. The molecule has 0 spiro atoms. The first-order chi connectivity index (χ1) is 14.6. The number of rotatable bonds is 5. The highest BCUT2D eigenvalue weighted by Crippen LogP contribution is 2.41. The molecule has 3 aromatic rings. The maximum absolute atomic E-state index is 14.0. The van der Waals surface area contributed by atoms with Gasteiger partial charge in [-0.1, -0.05) is 72.8 Å². The topological polar surface area (TPSA) is 64.3 Å². The molecule has 0 aliphatic carbocycles. The van der Waals surface area contributed by atoms with E-state index in [0.717, 1.165) is 16.7 Å². The van der Waals surface area contributed by atoms with E-state index in [9.17, 15) is 19.6 Å². The number of aliphatic hydroxyl groups is 1. The van der Waals surface area contributed by atoms with Gasteiger partial charge in [-0.15, -0.1) is 0 Å². The molecule has 1 heterocycles. The lowest BCUT2D eigenvalue weighted by Gasteiger charge is -2.51. The number of halogens is 1. The molecule has 0 bridgehead atoms. The van der Waals surface area contributed by atoms with Crippen molar-refractivity contribution in [1.82, 2.24) is 4.90 Å². The zero-order valence-corrected chi connectivity index (χ0v) is 16.3. The van der Waals surface area contributed by atoms with Gasteiger partial charge in [-0.2, -0.15) is 5.26 Å². The van der Waals surface area contributed by atoms with E-state index in [1.54, 1.807) is 18.2 Å². The third kappa shape index (κ3) is 3.58. The van der Waals surface area contributed by atoms with Crippen LogP contribution in [0.15, 0.2) is 78.9 Å². The number of nitrogens with zero attached hydrogens (tertiary/aromatic N) is 2. The Balaban J connectivity index is 1.55. The van der Waals surface area contributed by atoms with Crippen LogP contribution >= 0.6 is 0 Å². The number of nitriles is 1. The van der Waals surface area contributed by atoms with Crippen molar-refractivity contribution in [2.45, 2.75) is 24.4 Å². The van der Waals surface area contributed by atoms with Crippen molar-refractivity contribution in [3.8, 4) is 17.2 Å². The van der Waals surface area contributed by atoms with Gasteiger partial charge in [0, 0.05) is 11.5 Å². The van der Waals surface area contributed by atoms with Gasteiger partial charge in [0.2, 0.25) is 5.91 Å². The lowest BCUT2D eigenvalue weighted by Crippen LogP contribution is -2.65. The van der Waals surface area contributed by atoms with Gasteiger partial charge in [-0.3, -0.25) is 4.79 Å². The fraction of sp³-hybridized carbons (Fsp3) is 0.200. The molecule has 1 saturated heterocycles. The van der Waals surface area contributed by atoms with Crippen molar-refractivity contribution < 1.29 is 14.3 Å². The standard InChI is InChI=1S/C25H21FN2O2/c26-21-9-5-4-8-20(21)18-10-12-19(13-11-18)25-22(15-27)28(23(25)16-29)24(30)14-17-6-2-1-3-7-17/h1-13,22-23,25,29H,14,16H2/t22-,23-,25-/m0/s1. The molecule has 3 atom stereocenters. The van der Waals surface area contributed by atoms with Crippen LogP contribution in [0.2, 0.25) is 0 Å². The number of hydrogen-bond donors (Lipinski definition) is 1. The zero-order chi connectivity index (χ0) is 21.1. The number of hydrogen-bond acceptors (Lipinski definition) is 3. The predicted molar refractivity (Wildman–Crippen MR) is 112 cm³/mol. The summed E-state index contributed by atoms with van der Waals surface area (Å²) < 4.78 is 14.0. The molecule has 1 aliphatic heterocycles. The molecular weight excluding hydrogens is 379 g/mol. The summed E-state index contributed by atoms with van der Waals surface area (Å²) in [6.45, 7) is -0.224. The Hall–Kier alpha value is -3.49. The van der Waals surface area contributed by atoms with E-state index in [1.807, 2.05) is 54.6 Å². The summed E-state index contributed by atoms with van der Waals surface area (Å²) in [5.74, 6) is -0.755. The second-order valence-electron chi connectivity index (χ2n) is 7.41. The smallest absolute Gasteiger partial charge is 0.228 e. The van der Waals surface area contributed by atoms with Crippen LogP contribution in [0.3, 0.4) is 0 Å². The summed E-state index contributed by atoms with van der Waals surface area (Å²) in [5.41, 5.74) is 2.97. The Bertz CT molecular complexity index is 1080. The molecule has 0 saturated carbocycles. The van der Waals surface area contributed by atoms with E-state index in [-0.39, 0.29) is 30.7 Å². The van der Waals surface area contributed by atoms with Gasteiger partial charge >= 0.3 is 0 Å². The SMILES string of the molecule is N#C[C@H]1[C@H](c2ccc(-c3ccccc3F)cc2)[C@H](CO)N1C(=O)Cc1ccccc1. The van der Waals surface area contributed by atoms with Gasteiger partial charge in [-0.25, -0.2) is 4.39 Å². The highest BCUT2D eigenvalue weighted by molar-refractivity contribution is 5.81. The number of carbonyl (C=O) groups is 1. The quantitative estimate of drug-likeness (QED) is 0.706. The van der Waals surface area contributed by atoms with Crippen molar-refractivity contribution in [3.05, 3.63) is 95.8 Å². The highest BCUT2D eigenvalue weighted by atomic mass is 19.1. The molecular formula is C25H21FN2O2. The molecule has 1 N–H and O–H groups in total. The van der Waals surface area contributed by atoms with E-state index in [0.29, 0.717) is 5.56 Å². The van der Waals surface area contributed by atoms with Gasteiger partial charge < -0.3 is 10.0 Å². The Labute approximate surface area is 174 Å². The molecule has 5 heteroatoms. The number of carbonyl (C=O) groups excluding carboxylic acids is 1. The van der Waals surface area contributed by atoms with Gasteiger partial charge in [0.15, 0.2) is 0 Å². The van der Waals surface area contributed by atoms with E-state index >= 15 is 0 Å². The van der Waals surface area contributed by atoms with Crippen molar-refractivity contribution >= 4 is 5.91 Å². The maximum Gasteiger partial charge on any atom is 0.228 e. The Morgan fingerprint density at radius 3 is 2.30 bits per heavy atom. The van der Waals surface area contributed by atoms with Crippen LogP contribution in [0.25, 0.3) is 11.1 Å². The van der Waals surface area contributed by atoms with E-state index in [1.165, 1.54) is 11.0 Å². The van der Waals surface area contributed by atoms with Crippen molar-refractivity contribution in [3.63, 3.8) is 0 Å². The van der Waals surface area contributed by atoms with Crippen LogP contribution in [0, 0.1) is 17.1 Å². The largest absolute Gasteiger partial charge is 0.394 e. The number of benzene rings is 3. The van der Waals surface area contributed by atoms with Gasteiger partial charge in [0.05, 0.1) is 25.1 Å². The average molecular weight is 400 g/mol. The van der Waals surface area contributed by atoms with Crippen LogP contribution in [-0.4, -0.2) is 34.6 Å². The number of amides is 1.